The zero-order chi connectivity index (χ0) is 13.7. The lowest BCUT2D eigenvalue weighted by atomic mass is 9.64. The summed E-state index contributed by atoms with van der Waals surface area (Å²) in [6, 6.07) is 6.44. The normalized spacial score (nSPS) is 16.7. The minimum absolute atomic E-state index is 0.0299. The average molecular weight is 264 g/mol. The number of hydrogen-bond donors (Lipinski definition) is 2. The molecule has 1 aromatic rings. The van der Waals surface area contributed by atoms with Crippen molar-refractivity contribution >= 4 is 5.91 Å². The van der Waals surface area contributed by atoms with Crippen LogP contribution < -0.4 is 10.6 Å². The third-order valence-corrected chi connectivity index (χ3v) is 3.86. The van der Waals surface area contributed by atoms with Gasteiger partial charge < -0.3 is 10.6 Å². The van der Waals surface area contributed by atoms with Gasteiger partial charge in [0, 0.05) is 13.1 Å². The first-order valence-corrected chi connectivity index (χ1v) is 6.94. The largest absolute Gasteiger partial charge is 0.354 e. The molecule has 0 radical (unpaired) electrons. The Balaban J connectivity index is 2.03. The van der Waals surface area contributed by atoms with Gasteiger partial charge in [-0.1, -0.05) is 25.5 Å². The number of carbonyl (C=O) groups excluding carboxylic acids is 1. The van der Waals surface area contributed by atoms with Crippen LogP contribution in [0.4, 0.5) is 4.39 Å². The summed E-state index contributed by atoms with van der Waals surface area (Å²) in [6.07, 6.45) is 2.64. The molecular weight excluding hydrogens is 243 g/mol. The van der Waals surface area contributed by atoms with Crippen molar-refractivity contribution in [3.05, 3.63) is 35.6 Å². The van der Waals surface area contributed by atoms with Gasteiger partial charge in [-0.25, -0.2) is 4.39 Å². The summed E-state index contributed by atoms with van der Waals surface area (Å²) in [7, 11) is 0. The molecule has 1 aromatic carbocycles. The number of amides is 1. The summed E-state index contributed by atoms with van der Waals surface area (Å²) < 4.78 is 13.3. The standard InChI is InChI=1S/C15H21FN2O/c1-2-17-9-10-18-14(19)15(7-4-8-15)12-5-3-6-13(16)11-12/h3,5-6,11,17H,2,4,7-10H2,1H3,(H,18,19). The summed E-state index contributed by atoms with van der Waals surface area (Å²) in [5.41, 5.74) is 0.300. The second-order valence-corrected chi connectivity index (χ2v) is 5.06. The zero-order valence-electron chi connectivity index (χ0n) is 11.3. The lowest BCUT2D eigenvalue weighted by Crippen LogP contribution is -2.50. The van der Waals surface area contributed by atoms with Crippen LogP contribution in [0.2, 0.25) is 0 Å². The molecule has 1 aliphatic rings. The van der Waals surface area contributed by atoms with Crippen molar-refractivity contribution in [2.75, 3.05) is 19.6 Å². The average Bonchev–Trinajstić information content (AvgIpc) is 2.33. The minimum Gasteiger partial charge on any atom is -0.354 e. The molecule has 0 saturated heterocycles. The number of halogens is 1. The highest BCUT2D eigenvalue weighted by Gasteiger charge is 2.45. The summed E-state index contributed by atoms with van der Waals surface area (Å²) in [6.45, 7) is 4.30. The molecule has 0 aromatic heterocycles. The van der Waals surface area contributed by atoms with Crippen LogP contribution in [0.25, 0.3) is 0 Å². The third kappa shape index (κ3) is 2.95. The second kappa shape index (κ2) is 6.15. The maximum atomic E-state index is 13.3. The molecule has 19 heavy (non-hydrogen) atoms. The molecule has 0 spiro atoms. The maximum Gasteiger partial charge on any atom is 0.230 e. The monoisotopic (exact) mass is 264 g/mol. The zero-order valence-corrected chi connectivity index (χ0v) is 11.3. The summed E-state index contributed by atoms with van der Waals surface area (Å²) >= 11 is 0. The fourth-order valence-electron chi connectivity index (χ4n) is 2.57. The molecule has 2 rings (SSSR count). The topological polar surface area (TPSA) is 41.1 Å². The fraction of sp³-hybridized carbons (Fsp3) is 0.533. The van der Waals surface area contributed by atoms with Crippen LogP contribution in [0, 0.1) is 5.82 Å². The van der Waals surface area contributed by atoms with E-state index in [9.17, 15) is 9.18 Å². The lowest BCUT2D eigenvalue weighted by molar-refractivity contribution is -0.129. The van der Waals surface area contributed by atoms with Crippen molar-refractivity contribution in [3.8, 4) is 0 Å². The van der Waals surface area contributed by atoms with E-state index in [1.165, 1.54) is 12.1 Å². The van der Waals surface area contributed by atoms with E-state index in [2.05, 4.69) is 10.6 Å². The van der Waals surface area contributed by atoms with Crippen molar-refractivity contribution in [1.82, 2.24) is 10.6 Å². The smallest absolute Gasteiger partial charge is 0.230 e. The molecular formula is C15H21FN2O. The first-order valence-electron chi connectivity index (χ1n) is 6.94. The van der Waals surface area contributed by atoms with Gasteiger partial charge in [-0.05, 0) is 37.1 Å². The van der Waals surface area contributed by atoms with Gasteiger partial charge in [0.15, 0.2) is 0 Å². The summed E-state index contributed by atoms with van der Waals surface area (Å²) in [5, 5.41) is 6.12. The molecule has 4 heteroatoms. The second-order valence-electron chi connectivity index (χ2n) is 5.06. The quantitative estimate of drug-likeness (QED) is 0.771. The van der Waals surface area contributed by atoms with Gasteiger partial charge in [-0.15, -0.1) is 0 Å². The van der Waals surface area contributed by atoms with E-state index in [1.807, 2.05) is 13.0 Å². The van der Waals surface area contributed by atoms with E-state index in [1.54, 1.807) is 6.07 Å². The number of likely N-dealkylation sites (N-methyl/N-ethyl adjacent to an activating group) is 1. The first kappa shape index (κ1) is 14.0. The summed E-state index contributed by atoms with van der Waals surface area (Å²) in [4.78, 5) is 12.4. The minimum atomic E-state index is -0.506. The van der Waals surface area contributed by atoms with Gasteiger partial charge in [0.05, 0.1) is 5.41 Å². The van der Waals surface area contributed by atoms with E-state index in [0.29, 0.717) is 6.54 Å². The van der Waals surface area contributed by atoms with Gasteiger partial charge in [-0.3, -0.25) is 4.79 Å². The highest BCUT2D eigenvalue weighted by molar-refractivity contribution is 5.89. The van der Waals surface area contributed by atoms with Crippen LogP contribution >= 0.6 is 0 Å². The van der Waals surface area contributed by atoms with E-state index < -0.39 is 5.41 Å². The van der Waals surface area contributed by atoms with Crippen molar-refractivity contribution in [1.29, 1.82) is 0 Å². The van der Waals surface area contributed by atoms with Gasteiger partial charge in [0.2, 0.25) is 5.91 Å². The molecule has 0 aliphatic heterocycles. The van der Waals surface area contributed by atoms with Gasteiger partial charge in [0.25, 0.3) is 0 Å². The predicted octanol–water partition coefficient (Wildman–Crippen LogP) is 1.97. The molecule has 1 fully saturated rings. The number of benzene rings is 1. The third-order valence-electron chi connectivity index (χ3n) is 3.86. The Morgan fingerprint density at radius 3 is 2.74 bits per heavy atom. The Kier molecular flexibility index (Phi) is 4.53. The Morgan fingerprint density at radius 1 is 1.37 bits per heavy atom. The van der Waals surface area contributed by atoms with Crippen molar-refractivity contribution in [2.24, 2.45) is 0 Å². The van der Waals surface area contributed by atoms with Gasteiger partial charge in [0.1, 0.15) is 5.82 Å². The maximum absolute atomic E-state index is 13.3. The Labute approximate surface area is 113 Å². The van der Waals surface area contributed by atoms with E-state index in [4.69, 9.17) is 0 Å². The highest BCUT2D eigenvalue weighted by atomic mass is 19.1. The molecule has 1 aliphatic carbocycles. The van der Waals surface area contributed by atoms with Crippen LogP contribution in [-0.2, 0) is 10.2 Å². The molecule has 1 amide bonds. The number of carbonyl (C=O) groups is 1. The van der Waals surface area contributed by atoms with Crippen LogP contribution in [0.1, 0.15) is 31.7 Å². The van der Waals surface area contributed by atoms with Crippen LogP contribution in [0.3, 0.4) is 0 Å². The number of rotatable bonds is 6. The first-order chi connectivity index (χ1) is 9.19. The van der Waals surface area contributed by atoms with Gasteiger partial charge >= 0.3 is 0 Å². The molecule has 0 unspecified atom stereocenters. The highest BCUT2D eigenvalue weighted by Crippen LogP contribution is 2.44. The van der Waals surface area contributed by atoms with E-state index >= 15 is 0 Å². The SMILES string of the molecule is CCNCCNC(=O)C1(c2cccc(F)c2)CCC1. The van der Waals surface area contributed by atoms with Crippen LogP contribution in [-0.4, -0.2) is 25.5 Å². The van der Waals surface area contributed by atoms with Crippen molar-refractivity contribution < 1.29 is 9.18 Å². The molecule has 0 bridgehead atoms. The molecule has 2 N–H and O–H groups in total. The van der Waals surface area contributed by atoms with Crippen molar-refractivity contribution in [2.45, 2.75) is 31.6 Å². The Bertz CT molecular complexity index is 444. The van der Waals surface area contributed by atoms with Crippen LogP contribution in [0.15, 0.2) is 24.3 Å². The Hall–Kier alpha value is -1.42. The van der Waals surface area contributed by atoms with Crippen molar-refractivity contribution in [3.63, 3.8) is 0 Å². The summed E-state index contributed by atoms with van der Waals surface area (Å²) in [5.74, 6) is -0.244. The number of hydrogen-bond acceptors (Lipinski definition) is 2. The van der Waals surface area contributed by atoms with E-state index in [0.717, 1.165) is 37.9 Å². The lowest BCUT2D eigenvalue weighted by Gasteiger charge is -2.40. The molecule has 0 heterocycles. The Morgan fingerprint density at radius 2 is 2.16 bits per heavy atom. The van der Waals surface area contributed by atoms with Crippen LogP contribution in [0.5, 0.6) is 0 Å². The molecule has 104 valence electrons. The number of nitrogens with one attached hydrogen (secondary N) is 2. The molecule has 0 atom stereocenters. The molecule has 3 nitrogen and oxygen atoms in total. The predicted molar refractivity (Wildman–Crippen MR) is 73.5 cm³/mol. The fourth-order valence-corrected chi connectivity index (χ4v) is 2.57. The van der Waals surface area contributed by atoms with Gasteiger partial charge in [-0.2, -0.15) is 0 Å². The molecule has 1 saturated carbocycles. The van der Waals surface area contributed by atoms with E-state index in [-0.39, 0.29) is 11.7 Å².